The van der Waals surface area contributed by atoms with E-state index in [0.717, 1.165) is 57.3 Å². The van der Waals surface area contributed by atoms with Crippen LogP contribution < -0.4 is 5.32 Å². The minimum absolute atomic E-state index is 0.259. The molecule has 6 heteroatoms. The van der Waals surface area contributed by atoms with Crippen molar-refractivity contribution >= 4 is 23.6 Å². The van der Waals surface area contributed by atoms with E-state index in [9.17, 15) is 4.79 Å². The van der Waals surface area contributed by atoms with Crippen LogP contribution in [0.15, 0.2) is 29.3 Å². The summed E-state index contributed by atoms with van der Waals surface area (Å²) < 4.78 is 0. The predicted molar refractivity (Wildman–Crippen MR) is 119 cm³/mol. The normalized spacial score (nSPS) is 20.1. The second kappa shape index (κ2) is 10.7. The molecule has 0 aliphatic carbocycles. The summed E-state index contributed by atoms with van der Waals surface area (Å²) in [4.78, 5) is 21.8. The highest BCUT2D eigenvalue weighted by Crippen LogP contribution is 2.21. The van der Waals surface area contributed by atoms with Crippen LogP contribution in [0.25, 0.3) is 0 Å². The van der Waals surface area contributed by atoms with Gasteiger partial charge in [0.15, 0.2) is 5.96 Å². The van der Waals surface area contributed by atoms with Gasteiger partial charge < -0.3 is 15.1 Å². The van der Waals surface area contributed by atoms with Gasteiger partial charge in [-0.3, -0.25) is 9.79 Å². The van der Waals surface area contributed by atoms with Crippen LogP contribution in [-0.2, 0) is 17.8 Å². The number of hydrogen-bond acceptors (Lipinski definition) is 3. The fraction of sp³-hybridized carbons (Fsp3) is 0.636. The van der Waals surface area contributed by atoms with E-state index in [2.05, 4.69) is 60.1 Å². The highest BCUT2D eigenvalue weighted by Gasteiger charge is 2.22. The van der Waals surface area contributed by atoms with Crippen LogP contribution in [0.3, 0.4) is 0 Å². The van der Waals surface area contributed by atoms with Crippen LogP contribution in [0.5, 0.6) is 0 Å². The summed E-state index contributed by atoms with van der Waals surface area (Å²) in [7, 11) is 0. The van der Waals surface area contributed by atoms with E-state index < -0.39 is 0 Å². The van der Waals surface area contributed by atoms with Gasteiger partial charge in [0.1, 0.15) is 0 Å². The molecule has 2 aliphatic rings. The minimum Gasteiger partial charge on any atom is -0.357 e. The Kier molecular flexibility index (Phi) is 8.07. The van der Waals surface area contributed by atoms with E-state index in [1.54, 1.807) is 0 Å². The lowest BCUT2D eigenvalue weighted by molar-refractivity contribution is -0.132. The number of fused-ring (bicyclic) bond motifs is 1. The molecule has 0 saturated carbocycles. The molecule has 5 nitrogen and oxygen atoms in total. The summed E-state index contributed by atoms with van der Waals surface area (Å²) in [5.74, 6) is 2.44. The van der Waals surface area contributed by atoms with Gasteiger partial charge in [0.05, 0.1) is 0 Å². The molecule has 1 N–H and O–H groups in total. The Hall–Kier alpha value is -1.69. The number of carbonyl (C=O) groups is 1. The van der Waals surface area contributed by atoms with Crippen molar-refractivity contribution in [3.8, 4) is 0 Å². The predicted octanol–water partition coefficient (Wildman–Crippen LogP) is 3.14. The van der Waals surface area contributed by atoms with Gasteiger partial charge in [-0.15, -0.1) is 0 Å². The number of aliphatic imine (C=N–C) groups is 1. The molecule has 2 aliphatic heterocycles. The maximum Gasteiger partial charge on any atom is 0.222 e. The zero-order valence-electron chi connectivity index (χ0n) is 17.3. The molecule has 1 fully saturated rings. The van der Waals surface area contributed by atoms with Crippen molar-refractivity contribution < 1.29 is 4.79 Å². The second-order valence-electron chi connectivity index (χ2n) is 7.52. The van der Waals surface area contributed by atoms with E-state index in [4.69, 9.17) is 4.99 Å². The molecule has 3 rings (SSSR count). The first kappa shape index (κ1) is 21.0. The average Bonchev–Trinajstić information content (AvgIpc) is 2.75. The molecule has 0 aromatic heterocycles. The first-order valence-corrected chi connectivity index (χ1v) is 11.8. The van der Waals surface area contributed by atoms with Crippen LogP contribution in [0.4, 0.5) is 0 Å². The molecule has 1 saturated heterocycles. The molecule has 154 valence electrons. The molecular weight excluding hydrogens is 368 g/mol. The van der Waals surface area contributed by atoms with Crippen LogP contribution in [0.1, 0.15) is 44.2 Å². The standard InChI is InChI=1S/C22H34N4OS/c1-3-20-17-26(14-15-28-20)22(23-4-2)24-12-7-10-21(27)25-13-11-18-8-5-6-9-19(18)16-25/h5-6,8-9,20H,3-4,7,10-17H2,1-2H3,(H,23,24). The summed E-state index contributed by atoms with van der Waals surface area (Å²) in [5.41, 5.74) is 2.68. The Labute approximate surface area is 174 Å². The first-order chi connectivity index (χ1) is 13.7. The lowest BCUT2D eigenvalue weighted by Crippen LogP contribution is -2.48. The molecule has 0 bridgehead atoms. The summed E-state index contributed by atoms with van der Waals surface area (Å²) in [5, 5.41) is 4.13. The van der Waals surface area contributed by atoms with Gasteiger partial charge in [-0.05, 0) is 37.3 Å². The summed E-state index contributed by atoms with van der Waals surface area (Å²) >= 11 is 2.07. The van der Waals surface area contributed by atoms with Crippen molar-refractivity contribution in [3.63, 3.8) is 0 Å². The lowest BCUT2D eigenvalue weighted by Gasteiger charge is -2.34. The number of hydrogen-bond donors (Lipinski definition) is 1. The monoisotopic (exact) mass is 402 g/mol. The lowest BCUT2D eigenvalue weighted by atomic mass is 9.99. The van der Waals surface area contributed by atoms with Gasteiger partial charge in [0.25, 0.3) is 0 Å². The molecule has 28 heavy (non-hydrogen) atoms. The van der Waals surface area contributed by atoms with Gasteiger partial charge >= 0.3 is 0 Å². The van der Waals surface area contributed by atoms with Crippen molar-refractivity contribution in [1.82, 2.24) is 15.1 Å². The number of amides is 1. The van der Waals surface area contributed by atoms with E-state index >= 15 is 0 Å². The number of carbonyl (C=O) groups excluding carboxylic acids is 1. The summed E-state index contributed by atoms with van der Waals surface area (Å²) in [6.45, 7) is 9.68. The third-order valence-corrected chi connectivity index (χ3v) is 6.89. The molecule has 0 radical (unpaired) electrons. The fourth-order valence-electron chi connectivity index (χ4n) is 3.87. The van der Waals surface area contributed by atoms with Crippen molar-refractivity contribution in [3.05, 3.63) is 35.4 Å². The number of benzene rings is 1. The van der Waals surface area contributed by atoms with Gasteiger partial charge in [-0.25, -0.2) is 0 Å². The molecule has 2 heterocycles. The molecule has 1 atom stereocenters. The molecule has 1 aromatic rings. The van der Waals surface area contributed by atoms with Crippen molar-refractivity contribution in [2.45, 2.75) is 51.3 Å². The number of thioether (sulfide) groups is 1. The summed E-state index contributed by atoms with van der Waals surface area (Å²) in [6.07, 6.45) is 3.56. The van der Waals surface area contributed by atoms with Gasteiger partial charge in [-0.2, -0.15) is 11.8 Å². The van der Waals surface area contributed by atoms with Crippen LogP contribution >= 0.6 is 11.8 Å². The first-order valence-electron chi connectivity index (χ1n) is 10.7. The Morgan fingerprint density at radius 1 is 1.21 bits per heavy atom. The van der Waals surface area contributed by atoms with Crippen molar-refractivity contribution in [1.29, 1.82) is 0 Å². The van der Waals surface area contributed by atoms with Crippen molar-refractivity contribution in [2.75, 3.05) is 38.5 Å². The second-order valence-corrected chi connectivity index (χ2v) is 8.93. The third-order valence-electron chi connectivity index (χ3n) is 5.52. The van der Waals surface area contributed by atoms with Gasteiger partial charge in [-0.1, -0.05) is 31.2 Å². The Balaban J connectivity index is 1.47. The van der Waals surface area contributed by atoms with Crippen LogP contribution in [-0.4, -0.2) is 65.4 Å². The number of nitrogens with one attached hydrogen (secondary N) is 1. The smallest absolute Gasteiger partial charge is 0.222 e. The zero-order valence-corrected chi connectivity index (χ0v) is 18.1. The quantitative estimate of drug-likeness (QED) is 0.451. The minimum atomic E-state index is 0.259. The SMILES string of the molecule is CCNC(=NCCCC(=O)N1CCc2ccccc2C1)N1CCSC(CC)C1. The molecular formula is C22H34N4OS. The van der Waals surface area contributed by atoms with E-state index in [0.29, 0.717) is 18.2 Å². The fourth-order valence-corrected chi connectivity index (χ4v) is 5.05. The Morgan fingerprint density at radius 2 is 2.04 bits per heavy atom. The Bertz CT molecular complexity index is 678. The van der Waals surface area contributed by atoms with E-state index in [1.165, 1.54) is 17.5 Å². The van der Waals surface area contributed by atoms with E-state index in [1.807, 2.05) is 4.90 Å². The maximum absolute atomic E-state index is 12.6. The van der Waals surface area contributed by atoms with E-state index in [-0.39, 0.29) is 5.91 Å². The molecule has 1 aromatic carbocycles. The topological polar surface area (TPSA) is 47.9 Å². The maximum atomic E-state index is 12.6. The van der Waals surface area contributed by atoms with Crippen LogP contribution in [0.2, 0.25) is 0 Å². The highest BCUT2D eigenvalue weighted by atomic mass is 32.2. The Morgan fingerprint density at radius 3 is 2.82 bits per heavy atom. The largest absolute Gasteiger partial charge is 0.357 e. The number of guanidine groups is 1. The average molecular weight is 403 g/mol. The van der Waals surface area contributed by atoms with Gasteiger partial charge in [0, 0.05) is 56.7 Å². The van der Waals surface area contributed by atoms with Crippen molar-refractivity contribution in [2.24, 2.45) is 4.99 Å². The number of rotatable bonds is 6. The van der Waals surface area contributed by atoms with Gasteiger partial charge in [0.2, 0.25) is 5.91 Å². The highest BCUT2D eigenvalue weighted by molar-refractivity contribution is 8.00. The van der Waals surface area contributed by atoms with Crippen LogP contribution in [0, 0.1) is 0 Å². The summed E-state index contributed by atoms with van der Waals surface area (Å²) in [6, 6.07) is 8.46. The third kappa shape index (κ3) is 5.66. The zero-order chi connectivity index (χ0) is 19.8. The molecule has 0 spiro atoms. The molecule has 1 unspecified atom stereocenters. The number of nitrogens with zero attached hydrogens (tertiary/aromatic N) is 3. The molecule has 1 amide bonds.